The third-order valence-electron chi connectivity index (χ3n) is 3.14. The fourth-order valence-corrected chi connectivity index (χ4v) is 1.69. The molecule has 1 heterocycles. The molecule has 0 radical (unpaired) electrons. The van der Waals surface area contributed by atoms with Crippen LogP contribution >= 0.6 is 0 Å². The number of nitrogens with two attached hydrogens (primary N) is 1. The van der Waals surface area contributed by atoms with Gasteiger partial charge in [0, 0.05) is 18.4 Å². The molecule has 0 spiro atoms. The van der Waals surface area contributed by atoms with Gasteiger partial charge in [0.15, 0.2) is 0 Å². The van der Waals surface area contributed by atoms with E-state index in [0.29, 0.717) is 17.9 Å². The summed E-state index contributed by atoms with van der Waals surface area (Å²) in [4.78, 5) is 4.02. The molecule has 0 aliphatic carbocycles. The summed E-state index contributed by atoms with van der Waals surface area (Å²) in [5.74, 6) is 1.17. The molecule has 1 rings (SSSR count). The Balaban J connectivity index is 2.43. The number of rotatable bonds is 6. The van der Waals surface area contributed by atoms with Gasteiger partial charge in [-0.1, -0.05) is 13.8 Å². The lowest BCUT2D eigenvalue weighted by atomic mass is 9.95. The van der Waals surface area contributed by atoms with Crippen molar-refractivity contribution in [3.05, 3.63) is 30.1 Å². The summed E-state index contributed by atoms with van der Waals surface area (Å²) in [6.45, 7) is 8.32. The van der Waals surface area contributed by atoms with E-state index in [9.17, 15) is 0 Å². The van der Waals surface area contributed by atoms with Crippen molar-refractivity contribution in [2.45, 2.75) is 26.8 Å². The first-order valence-corrected chi connectivity index (χ1v) is 5.98. The maximum absolute atomic E-state index is 5.75. The van der Waals surface area contributed by atoms with Crippen molar-refractivity contribution in [1.82, 2.24) is 10.3 Å². The molecule has 0 fully saturated rings. The van der Waals surface area contributed by atoms with Crippen molar-refractivity contribution < 1.29 is 0 Å². The number of aromatic nitrogens is 1. The first kappa shape index (κ1) is 13.1. The molecule has 1 aromatic heterocycles. The van der Waals surface area contributed by atoms with E-state index in [-0.39, 0.29) is 0 Å². The molecule has 1 aromatic rings. The van der Waals surface area contributed by atoms with Gasteiger partial charge in [0.25, 0.3) is 0 Å². The summed E-state index contributed by atoms with van der Waals surface area (Å²) in [7, 11) is 0. The quantitative estimate of drug-likeness (QED) is 0.772. The van der Waals surface area contributed by atoms with Crippen LogP contribution in [-0.2, 0) is 0 Å². The Labute approximate surface area is 98.5 Å². The molecule has 0 saturated heterocycles. The van der Waals surface area contributed by atoms with Gasteiger partial charge < -0.3 is 11.1 Å². The lowest BCUT2D eigenvalue weighted by Crippen LogP contribution is -2.33. The maximum Gasteiger partial charge on any atom is 0.0293 e. The van der Waals surface area contributed by atoms with Crippen molar-refractivity contribution in [2.75, 3.05) is 13.1 Å². The lowest BCUT2D eigenvalue weighted by molar-refractivity contribution is 0.356. The largest absolute Gasteiger partial charge is 0.330 e. The molecule has 2 atom stereocenters. The number of hydrogen-bond acceptors (Lipinski definition) is 3. The number of hydrogen-bond donors (Lipinski definition) is 2. The van der Waals surface area contributed by atoms with Crippen molar-refractivity contribution in [2.24, 2.45) is 17.6 Å². The average molecular weight is 221 g/mol. The van der Waals surface area contributed by atoms with Gasteiger partial charge in [-0.15, -0.1) is 0 Å². The minimum atomic E-state index is 0.357. The zero-order valence-corrected chi connectivity index (χ0v) is 10.5. The second-order valence-corrected chi connectivity index (χ2v) is 4.65. The number of nitrogens with zero attached hydrogens (tertiary/aromatic N) is 1. The zero-order chi connectivity index (χ0) is 12.0. The highest BCUT2D eigenvalue weighted by Crippen LogP contribution is 2.13. The zero-order valence-electron chi connectivity index (χ0n) is 10.5. The SMILES string of the molecule is CC(NCC(CN)C(C)C)c1ccncc1. The molecule has 16 heavy (non-hydrogen) atoms. The monoisotopic (exact) mass is 221 g/mol. The van der Waals surface area contributed by atoms with Crippen LogP contribution in [0.15, 0.2) is 24.5 Å². The van der Waals surface area contributed by atoms with Gasteiger partial charge in [-0.3, -0.25) is 4.98 Å². The summed E-state index contributed by atoms with van der Waals surface area (Å²) in [6.07, 6.45) is 3.66. The Morgan fingerprint density at radius 1 is 1.25 bits per heavy atom. The van der Waals surface area contributed by atoms with Gasteiger partial charge in [0.1, 0.15) is 0 Å². The Bertz CT molecular complexity index is 284. The fourth-order valence-electron chi connectivity index (χ4n) is 1.69. The summed E-state index contributed by atoms with van der Waals surface area (Å²) < 4.78 is 0. The Kier molecular flexibility index (Phi) is 5.43. The van der Waals surface area contributed by atoms with E-state index in [2.05, 4.69) is 31.1 Å². The molecule has 3 heteroatoms. The predicted molar refractivity (Wildman–Crippen MR) is 68.0 cm³/mol. The minimum Gasteiger partial charge on any atom is -0.330 e. The third-order valence-corrected chi connectivity index (χ3v) is 3.14. The van der Waals surface area contributed by atoms with Crippen LogP contribution in [0.4, 0.5) is 0 Å². The Morgan fingerprint density at radius 2 is 1.88 bits per heavy atom. The first-order chi connectivity index (χ1) is 7.65. The van der Waals surface area contributed by atoms with Gasteiger partial charge in [-0.2, -0.15) is 0 Å². The Hall–Kier alpha value is -0.930. The van der Waals surface area contributed by atoms with E-state index < -0.39 is 0 Å². The highest BCUT2D eigenvalue weighted by atomic mass is 14.9. The van der Waals surface area contributed by atoms with Crippen molar-refractivity contribution in [3.63, 3.8) is 0 Å². The van der Waals surface area contributed by atoms with Gasteiger partial charge in [0.2, 0.25) is 0 Å². The number of pyridine rings is 1. The molecule has 90 valence electrons. The standard InChI is InChI=1S/C13H23N3/c1-10(2)13(8-14)9-16-11(3)12-4-6-15-7-5-12/h4-7,10-11,13,16H,8-9,14H2,1-3H3. The van der Waals surface area contributed by atoms with Crippen molar-refractivity contribution in [1.29, 1.82) is 0 Å². The van der Waals surface area contributed by atoms with E-state index in [1.807, 2.05) is 24.5 Å². The van der Waals surface area contributed by atoms with E-state index in [1.54, 1.807) is 0 Å². The number of nitrogens with one attached hydrogen (secondary N) is 1. The molecular formula is C13H23N3. The molecule has 0 aromatic carbocycles. The summed E-state index contributed by atoms with van der Waals surface area (Å²) in [5, 5.41) is 3.52. The van der Waals surface area contributed by atoms with Crippen molar-refractivity contribution >= 4 is 0 Å². The summed E-state index contributed by atoms with van der Waals surface area (Å²) >= 11 is 0. The van der Waals surface area contributed by atoms with Crippen LogP contribution in [0.25, 0.3) is 0 Å². The van der Waals surface area contributed by atoms with Gasteiger partial charge in [-0.25, -0.2) is 0 Å². The molecule has 0 amide bonds. The average Bonchev–Trinajstić information content (AvgIpc) is 2.30. The van der Waals surface area contributed by atoms with Crippen LogP contribution in [0, 0.1) is 11.8 Å². The predicted octanol–water partition coefficient (Wildman–Crippen LogP) is 1.96. The molecule has 0 saturated carbocycles. The van der Waals surface area contributed by atoms with Crippen LogP contribution < -0.4 is 11.1 Å². The van der Waals surface area contributed by atoms with Crippen LogP contribution in [0.3, 0.4) is 0 Å². The second kappa shape index (κ2) is 6.61. The maximum atomic E-state index is 5.75. The minimum absolute atomic E-state index is 0.357. The van der Waals surface area contributed by atoms with E-state index in [1.165, 1.54) is 5.56 Å². The van der Waals surface area contributed by atoms with Crippen LogP contribution in [0.2, 0.25) is 0 Å². The summed E-state index contributed by atoms with van der Waals surface area (Å²) in [6, 6.07) is 4.45. The second-order valence-electron chi connectivity index (χ2n) is 4.65. The third kappa shape index (κ3) is 3.91. The molecule has 0 aliphatic rings. The first-order valence-electron chi connectivity index (χ1n) is 5.98. The molecule has 3 nitrogen and oxygen atoms in total. The smallest absolute Gasteiger partial charge is 0.0293 e. The fraction of sp³-hybridized carbons (Fsp3) is 0.615. The van der Waals surface area contributed by atoms with Gasteiger partial charge >= 0.3 is 0 Å². The van der Waals surface area contributed by atoms with Gasteiger partial charge in [0.05, 0.1) is 0 Å². The highest BCUT2D eigenvalue weighted by molar-refractivity contribution is 5.13. The molecular weight excluding hydrogens is 198 g/mol. The molecule has 0 bridgehead atoms. The van der Waals surface area contributed by atoms with Crippen molar-refractivity contribution in [3.8, 4) is 0 Å². The molecule has 0 aliphatic heterocycles. The van der Waals surface area contributed by atoms with E-state index >= 15 is 0 Å². The normalized spacial score (nSPS) is 15.1. The molecule has 2 unspecified atom stereocenters. The molecule has 3 N–H and O–H groups in total. The highest BCUT2D eigenvalue weighted by Gasteiger charge is 2.12. The van der Waals surface area contributed by atoms with Crippen LogP contribution in [-0.4, -0.2) is 18.1 Å². The van der Waals surface area contributed by atoms with Crippen LogP contribution in [0.1, 0.15) is 32.4 Å². The van der Waals surface area contributed by atoms with Gasteiger partial charge in [-0.05, 0) is 49.5 Å². The van der Waals surface area contributed by atoms with E-state index in [0.717, 1.165) is 13.1 Å². The summed E-state index contributed by atoms with van der Waals surface area (Å²) in [5.41, 5.74) is 7.02. The van der Waals surface area contributed by atoms with E-state index in [4.69, 9.17) is 5.73 Å². The topological polar surface area (TPSA) is 50.9 Å². The lowest BCUT2D eigenvalue weighted by Gasteiger charge is -2.22. The van der Waals surface area contributed by atoms with Crippen LogP contribution in [0.5, 0.6) is 0 Å². The Morgan fingerprint density at radius 3 is 2.38 bits per heavy atom.